The molecule has 1 aromatic heterocycles. The lowest BCUT2D eigenvalue weighted by atomic mass is 9.83. The van der Waals surface area contributed by atoms with E-state index in [9.17, 15) is 4.79 Å². The second-order valence-corrected chi connectivity index (χ2v) is 5.84. The van der Waals surface area contributed by atoms with Gasteiger partial charge >= 0.3 is 6.03 Å². The highest BCUT2D eigenvalue weighted by Gasteiger charge is 2.33. The first-order valence-corrected chi connectivity index (χ1v) is 7.76. The summed E-state index contributed by atoms with van der Waals surface area (Å²) in [6.45, 7) is 4.25. The molecule has 2 N–H and O–H groups in total. The molecule has 2 amide bonds. The third-order valence-electron chi connectivity index (χ3n) is 4.22. The monoisotopic (exact) mass is 294 g/mol. The number of urea groups is 1. The summed E-state index contributed by atoms with van der Waals surface area (Å²) in [7, 11) is 1.82. The van der Waals surface area contributed by atoms with Gasteiger partial charge in [-0.25, -0.2) is 4.79 Å². The van der Waals surface area contributed by atoms with Crippen LogP contribution in [0.25, 0.3) is 0 Å². The second-order valence-electron chi connectivity index (χ2n) is 5.84. The second kappa shape index (κ2) is 7.45. The molecule has 0 spiro atoms. The predicted octanol–water partition coefficient (Wildman–Crippen LogP) is 2.53. The Hall–Kier alpha value is -1.56. The molecule has 118 valence electrons. The van der Waals surface area contributed by atoms with Crippen LogP contribution in [-0.2, 0) is 11.8 Å². The molecular formula is C15H26N4O2. The minimum Gasteiger partial charge on any atom is -0.382 e. The molecule has 0 aliphatic heterocycles. The first-order valence-electron chi connectivity index (χ1n) is 7.76. The molecule has 1 aromatic rings. The summed E-state index contributed by atoms with van der Waals surface area (Å²) in [4.78, 5) is 11.9. The van der Waals surface area contributed by atoms with Crippen molar-refractivity contribution in [1.29, 1.82) is 0 Å². The summed E-state index contributed by atoms with van der Waals surface area (Å²) in [5, 5.41) is 9.89. The number of carbonyl (C=O) groups is 1. The van der Waals surface area contributed by atoms with Crippen molar-refractivity contribution in [2.24, 2.45) is 12.5 Å². The molecule has 0 saturated heterocycles. The van der Waals surface area contributed by atoms with Crippen molar-refractivity contribution in [2.75, 3.05) is 25.1 Å². The fourth-order valence-electron chi connectivity index (χ4n) is 2.98. The lowest BCUT2D eigenvalue weighted by Gasteiger charge is -2.29. The van der Waals surface area contributed by atoms with Crippen LogP contribution >= 0.6 is 0 Å². The number of nitrogens with zero attached hydrogens (tertiary/aromatic N) is 2. The Bertz CT molecular complexity index is 452. The molecule has 0 bridgehead atoms. The summed E-state index contributed by atoms with van der Waals surface area (Å²) in [6.07, 6.45) is 7.65. The molecule has 1 heterocycles. The van der Waals surface area contributed by atoms with Gasteiger partial charge in [-0.05, 0) is 31.6 Å². The number of nitrogens with one attached hydrogen (secondary N) is 2. The fourth-order valence-corrected chi connectivity index (χ4v) is 2.98. The maximum absolute atomic E-state index is 11.9. The van der Waals surface area contributed by atoms with E-state index in [0.29, 0.717) is 12.4 Å². The van der Waals surface area contributed by atoms with E-state index < -0.39 is 0 Å². The smallest absolute Gasteiger partial charge is 0.320 e. The van der Waals surface area contributed by atoms with Crippen LogP contribution in [0.5, 0.6) is 0 Å². The molecule has 1 aliphatic carbocycles. The van der Waals surface area contributed by atoms with E-state index in [1.54, 1.807) is 16.9 Å². The summed E-state index contributed by atoms with van der Waals surface area (Å²) >= 11 is 0. The van der Waals surface area contributed by atoms with Crippen molar-refractivity contribution in [3.63, 3.8) is 0 Å². The van der Waals surface area contributed by atoms with Crippen LogP contribution in [0.3, 0.4) is 0 Å². The van der Waals surface area contributed by atoms with E-state index in [1.807, 2.05) is 14.0 Å². The van der Waals surface area contributed by atoms with Crippen LogP contribution in [0.15, 0.2) is 12.3 Å². The largest absolute Gasteiger partial charge is 0.382 e. The van der Waals surface area contributed by atoms with Crippen molar-refractivity contribution < 1.29 is 9.53 Å². The normalized spacial score (nSPS) is 16.9. The van der Waals surface area contributed by atoms with Gasteiger partial charge in [-0.1, -0.05) is 12.8 Å². The van der Waals surface area contributed by atoms with Gasteiger partial charge < -0.3 is 10.1 Å². The molecule has 0 unspecified atom stereocenters. The van der Waals surface area contributed by atoms with Crippen molar-refractivity contribution >= 4 is 11.8 Å². The van der Waals surface area contributed by atoms with Gasteiger partial charge in [0.1, 0.15) is 0 Å². The van der Waals surface area contributed by atoms with Crippen molar-refractivity contribution in [3.8, 4) is 0 Å². The van der Waals surface area contributed by atoms with Gasteiger partial charge in [-0.3, -0.25) is 10.00 Å². The summed E-state index contributed by atoms with van der Waals surface area (Å²) in [6, 6.07) is 1.59. The molecule has 2 rings (SSSR count). The van der Waals surface area contributed by atoms with Crippen LogP contribution in [0.1, 0.15) is 39.0 Å². The first kappa shape index (κ1) is 15.8. The maximum atomic E-state index is 11.9. The van der Waals surface area contributed by atoms with Gasteiger partial charge in [0, 0.05) is 39.1 Å². The van der Waals surface area contributed by atoms with E-state index in [2.05, 4.69) is 15.7 Å². The highest BCUT2D eigenvalue weighted by atomic mass is 16.5. The summed E-state index contributed by atoms with van der Waals surface area (Å²) < 4.78 is 7.15. The van der Waals surface area contributed by atoms with Crippen LogP contribution in [0, 0.1) is 5.41 Å². The standard InChI is InChI=1S/C15H26N4O2/c1-3-21-11-9-15(7-4-5-8-15)12-16-14(20)17-13-6-10-19(2)18-13/h6,10H,3-5,7-9,11-12H2,1-2H3,(H2,16,17,18,20). The zero-order chi connectivity index (χ0) is 15.1. The molecule has 6 nitrogen and oxygen atoms in total. The zero-order valence-corrected chi connectivity index (χ0v) is 13.0. The van der Waals surface area contributed by atoms with Crippen molar-refractivity contribution in [1.82, 2.24) is 15.1 Å². The van der Waals surface area contributed by atoms with Gasteiger partial charge in [0.25, 0.3) is 0 Å². The third-order valence-corrected chi connectivity index (χ3v) is 4.22. The number of aryl methyl sites for hydroxylation is 1. The quantitative estimate of drug-likeness (QED) is 0.759. The average Bonchev–Trinajstić information content (AvgIpc) is 3.07. The fraction of sp³-hybridized carbons (Fsp3) is 0.733. The molecule has 0 radical (unpaired) electrons. The van der Waals surface area contributed by atoms with Gasteiger partial charge in [0.15, 0.2) is 5.82 Å². The minimum absolute atomic E-state index is 0.184. The highest BCUT2D eigenvalue weighted by Crippen LogP contribution is 2.40. The van der Waals surface area contributed by atoms with Gasteiger partial charge in [-0.2, -0.15) is 5.10 Å². The average molecular weight is 294 g/mol. The summed E-state index contributed by atoms with van der Waals surface area (Å²) in [5.41, 5.74) is 0.205. The van der Waals surface area contributed by atoms with Crippen LogP contribution in [-0.4, -0.2) is 35.6 Å². The summed E-state index contributed by atoms with van der Waals surface area (Å²) in [5.74, 6) is 0.574. The Kier molecular flexibility index (Phi) is 5.61. The van der Waals surface area contributed by atoms with E-state index >= 15 is 0 Å². The number of hydrogen-bond acceptors (Lipinski definition) is 3. The van der Waals surface area contributed by atoms with Crippen LogP contribution in [0.2, 0.25) is 0 Å². The van der Waals surface area contributed by atoms with Crippen LogP contribution < -0.4 is 10.6 Å². The lowest BCUT2D eigenvalue weighted by molar-refractivity contribution is 0.104. The van der Waals surface area contributed by atoms with Gasteiger partial charge in [0.05, 0.1) is 0 Å². The Morgan fingerprint density at radius 1 is 1.48 bits per heavy atom. The number of anilines is 1. The Morgan fingerprint density at radius 2 is 2.24 bits per heavy atom. The van der Waals surface area contributed by atoms with Crippen molar-refractivity contribution in [3.05, 3.63) is 12.3 Å². The number of hydrogen-bond donors (Lipinski definition) is 2. The molecule has 6 heteroatoms. The van der Waals surface area contributed by atoms with Gasteiger partial charge in [-0.15, -0.1) is 0 Å². The van der Waals surface area contributed by atoms with E-state index in [4.69, 9.17) is 4.74 Å². The minimum atomic E-state index is -0.184. The topological polar surface area (TPSA) is 68.2 Å². The van der Waals surface area contributed by atoms with E-state index in [1.165, 1.54) is 25.7 Å². The SMILES string of the molecule is CCOCCC1(CNC(=O)Nc2ccn(C)n2)CCCC1. The molecule has 1 aliphatic rings. The molecule has 21 heavy (non-hydrogen) atoms. The number of carbonyl (C=O) groups excluding carboxylic acids is 1. The van der Waals surface area contributed by atoms with E-state index in [0.717, 1.165) is 19.6 Å². The Morgan fingerprint density at radius 3 is 2.86 bits per heavy atom. The number of ether oxygens (including phenoxy) is 1. The van der Waals surface area contributed by atoms with Crippen molar-refractivity contribution in [2.45, 2.75) is 39.0 Å². The highest BCUT2D eigenvalue weighted by molar-refractivity contribution is 5.88. The number of rotatable bonds is 7. The maximum Gasteiger partial charge on any atom is 0.320 e. The first-order chi connectivity index (χ1) is 10.1. The Balaban J connectivity index is 1.79. The third kappa shape index (κ3) is 4.74. The van der Waals surface area contributed by atoms with Gasteiger partial charge in [0.2, 0.25) is 0 Å². The molecular weight excluding hydrogens is 268 g/mol. The van der Waals surface area contributed by atoms with E-state index in [-0.39, 0.29) is 11.4 Å². The molecule has 1 saturated carbocycles. The lowest BCUT2D eigenvalue weighted by Crippen LogP contribution is -2.39. The molecule has 1 fully saturated rings. The number of amides is 2. The predicted molar refractivity (Wildman–Crippen MR) is 82.2 cm³/mol. The zero-order valence-electron chi connectivity index (χ0n) is 13.0. The Labute approximate surface area is 126 Å². The van der Waals surface area contributed by atoms with Crippen LogP contribution in [0.4, 0.5) is 10.6 Å². The molecule has 0 aromatic carbocycles. The molecule has 0 atom stereocenters. The number of aromatic nitrogens is 2.